The molecule has 0 spiro atoms. The first-order valence-corrected chi connectivity index (χ1v) is 8.01. The van der Waals surface area contributed by atoms with Crippen molar-refractivity contribution >= 4 is 34.6 Å². The topological polar surface area (TPSA) is 79.0 Å². The maximum atomic E-state index is 10.6. The number of rotatable bonds is 3. The zero-order valence-electron chi connectivity index (χ0n) is 12.1. The van der Waals surface area contributed by atoms with Crippen molar-refractivity contribution in [2.75, 3.05) is 5.73 Å². The second kappa shape index (κ2) is 8.31. The second-order valence-corrected chi connectivity index (χ2v) is 5.91. The van der Waals surface area contributed by atoms with Gasteiger partial charge in [0, 0.05) is 33.5 Å². The normalized spacial score (nSPS) is 9.78. The van der Waals surface area contributed by atoms with Gasteiger partial charge in [0.25, 0.3) is 0 Å². The van der Waals surface area contributed by atoms with E-state index in [1.807, 2.05) is 48.5 Å². The molecular formula is C17H14ClN2O2S-. The van der Waals surface area contributed by atoms with Crippen molar-refractivity contribution in [1.82, 2.24) is 4.98 Å². The molecule has 0 unspecified atom stereocenters. The van der Waals surface area contributed by atoms with Gasteiger partial charge in [-0.05, 0) is 18.2 Å². The molecule has 0 aliphatic rings. The molecule has 0 bridgehead atoms. The molecule has 0 saturated heterocycles. The number of benzene rings is 2. The van der Waals surface area contributed by atoms with E-state index >= 15 is 0 Å². The lowest BCUT2D eigenvalue weighted by atomic mass is 10.1. The van der Waals surface area contributed by atoms with Crippen molar-refractivity contribution in [3.05, 3.63) is 70.0 Å². The van der Waals surface area contributed by atoms with Crippen LogP contribution < -0.4 is 10.8 Å². The number of aromatic nitrogens is 1. The van der Waals surface area contributed by atoms with Crippen molar-refractivity contribution in [1.29, 1.82) is 0 Å². The van der Waals surface area contributed by atoms with Gasteiger partial charge in [-0.3, -0.25) is 0 Å². The molecular weight excluding hydrogens is 332 g/mol. The summed E-state index contributed by atoms with van der Waals surface area (Å²) in [6.45, 7) is 0. The fourth-order valence-corrected chi connectivity index (χ4v) is 2.84. The van der Waals surface area contributed by atoms with Crippen LogP contribution in [0, 0.1) is 0 Å². The number of hydrogen-bond acceptors (Lipinski definition) is 5. The molecule has 3 aromatic rings. The van der Waals surface area contributed by atoms with E-state index in [0.29, 0.717) is 15.6 Å². The van der Waals surface area contributed by atoms with Gasteiger partial charge >= 0.3 is 0 Å². The number of carboxylic acids is 1. The number of anilines is 1. The van der Waals surface area contributed by atoms with Crippen LogP contribution in [0.5, 0.6) is 0 Å². The summed E-state index contributed by atoms with van der Waals surface area (Å²) in [5, 5.41) is 11.1. The van der Waals surface area contributed by atoms with E-state index in [9.17, 15) is 9.90 Å². The number of hydrogen-bond donors (Lipinski definition) is 1. The summed E-state index contributed by atoms with van der Waals surface area (Å²) < 4.78 is 0. The molecule has 6 heteroatoms. The molecule has 0 saturated carbocycles. The number of carbonyl (C=O) groups excluding carboxylic acids is 1. The van der Waals surface area contributed by atoms with Crippen LogP contribution in [0.4, 0.5) is 5.69 Å². The standard InChI is InChI=1S/C11H8ClNO2S.C6H7N/c12-8-4-2-1-3-7(8)11-9(5-10(14)15)16-6-13-11;7-6-4-2-1-3-5-6/h1-4,6H,5H2,(H,14,15);1-5H,7H2/p-1. The maximum absolute atomic E-state index is 10.6. The molecule has 0 radical (unpaired) electrons. The zero-order valence-corrected chi connectivity index (χ0v) is 13.7. The number of nitrogen functional groups attached to an aromatic ring is 1. The number of carbonyl (C=O) groups is 1. The third-order valence-corrected chi connectivity index (χ3v) is 4.04. The van der Waals surface area contributed by atoms with E-state index in [4.69, 9.17) is 17.3 Å². The van der Waals surface area contributed by atoms with Crippen molar-refractivity contribution < 1.29 is 9.90 Å². The van der Waals surface area contributed by atoms with E-state index in [1.54, 1.807) is 11.6 Å². The Morgan fingerprint density at radius 2 is 1.78 bits per heavy atom. The first kappa shape index (κ1) is 17.0. The molecule has 1 aromatic heterocycles. The molecule has 2 N–H and O–H groups in total. The summed E-state index contributed by atoms with van der Waals surface area (Å²) in [4.78, 5) is 15.4. The first-order chi connectivity index (χ1) is 11.1. The van der Waals surface area contributed by atoms with Gasteiger partial charge in [0.05, 0.1) is 11.2 Å². The monoisotopic (exact) mass is 345 g/mol. The van der Waals surface area contributed by atoms with Gasteiger partial charge in [-0.1, -0.05) is 48.0 Å². The SMILES string of the molecule is Nc1ccccc1.O=C([O-])Cc1scnc1-c1ccccc1Cl. The van der Waals surface area contributed by atoms with E-state index in [1.165, 1.54) is 11.3 Å². The van der Waals surface area contributed by atoms with Crippen LogP contribution in [0.2, 0.25) is 5.02 Å². The number of aliphatic carboxylic acids is 1. The van der Waals surface area contributed by atoms with E-state index in [-0.39, 0.29) is 6.42 Å². The lowest BCUT2D eigenvalue weighted by Crippen LogP contribution is -2.24. The van der Waals surface area contributed by atoms with Crippen molar-refractivity contribution in [3.63, 3.8) is 0 Å². The number of halogens is 1. The van der Waals surface area contributed by atoms with Gasteiger partial charge in [-0.15, -0.1) is 11.3 Å². The molecule has 3 rings (SSSR count). The van der Waals surface area contributed by atoms with Gasteiger partial charge < -0.3 is 15.6 Å². The molecule has 23 heavy (non-hydrogen) atoms. The molecule has 0 amide bonds. The predicted octanol–water partition coefficient (Wildman–Crippen LogP) is 3.02. The van der Waals surface area contributed by atoms with Gasteiger partial charge in [-0.2, -0.15) is 0 Å². The van der Waals surface area contributed by atoms with Crippen molar-refractivity contribution in [2.24, 2.45) is 0 Å². The molecule has 118 valence electrons. The highest BCUT2D eigenvalue weighted by molar-refractivity contribution is 7.10. The van der Waals surface area contributed by atoms with Crippen LogP contribution >= 0.6 is 22.9 Å². The average molecular weight is 346 g/mol. The minimum absolute atomic E-state index is 0.134. The highest BCUT2D eigenvalue weighted by Gasteiger charge is 2.11. The van der Waals surface area contributed by atoms with Crippen LogP contribution in [0.1, 0.15) is 4.88 Å². The molecule has 0 fully saturated rings. The van der Waals surface area contributed by atoms with Crippen LogP contribution in [0.3, 0.4) is 0 Å². The van der Waals surface area contributed by atoms with Crippen molar-refractivity contribution in [2.45, 2.75) is 6.42 Å². The molecule has 1 heterocycles. The van der Waals surface area contributed by atoms with Crippen LogP contribution in [-0.4, -0.2) is 11.0 Å². The summed E-state index contributed by atoms with van der Waals surface area (Å²) in [5.74, 6) is -1.11. The third kappa shape index (κ3) is 5.09. The number of nitrogens with zero attached hydrogens (tertiary/aromatic N) is 1. The summed E-state index contributed by atoms with van der Waals surface area (Å²) in [6.07, 6.45) is -0.134. The zero-order chi connectivity index (χ0) is 16.7. The largest absolute Gasteiger partial charge is 0.550 e. The smallest absolute Gasteiger partial charge is 0.0862 e. The highest BCUT2D eigenvalue weighted by Crippen LogP contribution is 2.31. The molecule has 0 atom stereocenters. The second-order valence-electron chi connectivity index (χ2n) is 4.56. The van der Waals surface area contributed by atoms with Gasteiger partial charge in [0.1, 0.15) is 0 Å². The fraction of sp³-hybridized carbons (Fsp3) is 0.0588. The van der Waals surface area contributed by atoms with Gasteiger partial charge in [0.2, 0.25) is 0 Å². The Morgan fingerprint density at radius 3 is 2.35 bits per heavy atom. The average Bonchev–Trinajstić information content (AvgIpc) is 2.96. The quantitative estimate of drug-likeness (QED) is 0.740. The summed E-state index contributed by atoms with van der Waals surface area (Å²) >= 11 is 7.32. The Hall–Kier alpha value is -2.37. The minimum Gasteiger partial charge on any atom is -0.550 e. The first-order valence-electron chi connectivity index (χ1n) is 6.75. The Kier molecular flexibility index (Phi) is 6.14. The van der Waals surface area contributed by atoms with E-state index in [0.717, 1.165) is 11.3 Å². The Bertz CT molecular complexity index is 775. The highest BCUT2D eigenvalue weighted by atomic mass is 35.5. The van der Waals surface area contributed by atoms with Crippen LogP contribution in [-0.2, 0) is 11.2 Å². The van der Waals surface area contributed by atoms with Crippen LogP contribution in [0.25, 0.3) is 11.3 Å². The summed E-state index contributed by atoms with van der Waals surface area (Å²) in [6, 6.07) is 16.7. The molecule has 0 aliphatic carbocycles. The predicted molar refractivity (Wildman–Crippen MR) is 92.1 cm³/mol. The van der Waals surface area contributed by atoms with Gasteiger partial charge in [-0.25, -0.2) is 4.98 Å². The number of thiazole rings is 1. The molecule has 2 aromatic carbocycles. The Labute approximate surface area is 143 Å². The van der Waals surface area contributed by atoms with E-state index in [2.05, 4.69) is 4.98 Å². The molecule has 0 aliphatic heterocycles. The Balaban J connectivity index is 0.000000229. The number of nitrogens with two attached hydrogens (primary N) is 1. The molecule has 4 nitrogen and oxygen atoms in total. The summed E-state index contributed by atoms with van der Waals surface area (Å²) in [5.41, 5.74) is 9.16. The minimum atomic E-state index is -1.11. The third-order valence-electron chi connectivity index (χ3n) is 2.87. The lowest BCUT2D eigenvalue weighted by molar-refractivity contribution is -0.304. The Morgan fingerprint density at radius 1 is 1.13 bits per heavy atom. The van der Waals surface area contributed by atoms with Crippen molar-refractivity contribution in [3.8, 4) is 11.3 Å². The maximum Gasteiger partial charge on any atom is 0.0862 e. The van der Waals surface area contributed by atoms with E-state index < -0.39 is 5.97 Å². The van der Waals surface area contributed by atoms with Crippen LogP contribution in [0.15, 0.2) is 60.1 Å². The number of carboxylic acid groups (broad SMARTS) is 1. The van der Waals surface area contributed by atoms with Gasteiger partial charge in [0.15, 0.2) is 0 Å². The summed E-state index contributed by atoms with van der Waals surface area (Å²) in [7, 11) is 0. The number of para-hydroxylation sites is 1. The lowest BCUT2D eigenvalue weighted by Gasteiger charge is -2.04. The fourth-order valence-electron chi connectivity index (χ4n) is 1.85.